The number of aryl methyl sites for hydroxylation is 1. The highest BCUT2D eigenvalue weighted by molar-refractivity contribution is 7.20. The van der Waals surface area contributed by atoms with E-state index in [-0.39, 0.29) is 11.9 Å². The number of rotatable bonds is 8. The third kappa shape index (κ3) is 4.95. The zero-order valence-electron chi connectivity index (χ0n) is 18.3. The van der Waals surface area contributed by atoms with Gasteiger partial charge in [0.1, 0.15) is 4.83 Å². The van der Waals surface area contributed by atoms with Gasteiger partial charge in [-0.25, -0.2) is 9.97 Å². The molecule has 0 saturated carbocycles. The van der Waals surface area contributed by atoms with Gasteiger partial charge in [0.05, 0.1) is 10.6 Å². The molecule has 0 aliphatic carbocycles. The number of aromatic nitrogens is 2. The molecule has 0 bridgehead atoms. The summed E-state index contributed by atoms with van der Waals surface area (Å²) in [5.74, 6) is 0.107. The number of thiophene rings is 1. The Morgan fingerprint density at radius 3 is 2.66 bits per heavy atom. The first kappa shape index (κ1) is 21.9. The van der Waals surface area contributed by atoms with Crippen molar-refractivity contribution < 1.29 is 4.79 Å². The SMILES string of the molecule is CCNC(=O)c1cc2c(-c3cc(CNCCc4ccccc4)ccc3C)nc(N)nc2s1. The zero-order valence-corrected chi connectivity index (χ0v) is 19.1. The quantitative estimate of drug-likeness (QED) is 0.351. The Hall–Kier alpha value is -3.29. The van der Waals surface area contributed by atoms with Gasteiger partial charge in [0.2, 0.25) is 5.95 Å². The molecule has 0 aliphatic heterocycles. The molecule has 2 aromatic heterocycles. The number of nitrogens with one attached hydrogen (secondary N) is 2. The van der Waals surface area contributed by atoms with Crippen molar-refractivity contribution in [1.82, 2.24) is 20.6 Å². The smallest absolute Gasteiger partial charge is 0.261 e. The molecule has 164 valence electrons. The molecule has 4 rings (SSSR count). The van der Waals surface area contributed by atoms with E-state index in [4.69, 9.17) is 5.73 Å². The average molecular weight is 446 g/mol. The minimum Gasteiger partial charge on any atom is -0.368 e. The summed E-state index contributed by atoms with van der Waals surface area (Å²) < 4.78 is 0. The molecular formula is C25H27N5OS. The van der Waals surface area contributed by atoms with Gasteiger partial charge in [-0.15, -0.1) is 11.3 Å². The van der Waals surface area contributed by atoms with Crippen molar-refractivity contribution in [2.24, 2.45) is 0 Å². The lowest BCUT2D eigenvalue weighted by molar-refractivity contribution is 0.0960. The Labute approximate surface area is 191 Å². The highest BCUT2D eigenvalue weighted by Crippen LogP contribution is 2.34. The van der Waals surface area contributed by atoms with Crippen LogP contribution < -0.4 is 16.4 Å². The normalized spacial score (nSPS) is 11.1. The van der Waals surface area contributed by atoms with Crippen molar-refractivity contribution in [3.8, 4) is 11.3 Å². The van der Waals surface area contributed by atoms with E-state index in [9.17, 15) is 4.79 Å². The summed E-state index contributed by atoms with van der Waals surface area (Å²) in [6.07, 6.45) is 0.986. The topological polar surface area (TPSA) is 92.9 Å². The van der Waals surface area contributed by atoms with Gasteiger partial charge in [0, 0.05) is 24.0 Å². The summed E-state index contributed by atoms with van der Waals surface area (Å²) in [5.41, 5.74) is 11.4. The molecule has 0 spiro atoms. The van der Waals surface area contributed by atoms with E-state index in [2.05, 4.69) is 70.0 Å². The summed E-state index contributed by atoms with van der Waals surface area (Å²) in [6, 6.07) is 18.7. The third-order valence-electron chi connectivity index (χ3n) is 5.29. The summed E-state index contributed by atoms with van der Waals surface area (Å²) in [5, 5.41) is 7.21. The van der Waals surface area contributed by atoms with Crippen LogP contribution in [-0.4, -0.2) is 29.0 Å². The molecular weight excluding hydrogens is 418 g/mol. The van der Waals surface area contributed by atoms with Crippen molar-refractivity contribution in [2.75, 3.05) is 18.8 Å². The minimum absolute atomic E-state index is 0.104. The molecule has 2 aromatic carbocycles. The van der Waals surface area contributed by atoms with Crippen LogP contribution in [0.5, 0.6) is 0 Å². The molecule has 32 heavy (non-hydrogen) atoms. The maximum absolute atomic E-state index is 12.3. The first-order valence-electron chi connectivity index (χ1n) is 10.7. The Bertz CT molecular complexity index is 1240. The molecule has 4 N–H and O–H groups in total. The number of anilines is 1. The lowest BCUT2D eigenvalue weighted by Crippen LogP contribution is -2.21. The maximum Gasteiger partial charge on any atom is 0.261 e. The number of nitrogen functional groups attached to an aromatic ring is 1. The van der Waals surface area contributed by atoms with Gasteiger partial charge in [-0.3, -0.25) is 4.79 Å². The Morgan fingerprint density at radius 1 is 1.06 bits per heavy atom. The largest absolute Gasteiger partial charge is 0.368 e. The van der Waals surface area contributed by atoms with Gasteiger partial charge in [-0.2, -0.15) is 0 Å². The Morgan fingerprint density at radius 2 is 1.88 bits per heavy atom. The lowest BCUT2D eigenvalue weighted by atomic mass is 10.00. The van der Waals surface area contributed by atoms with Crippen LogP contribution in [0.2, 0.25) is 0 Å². The molecule has 7 heteroatoms. The molecule has 4 aromatic rings. The van der Waals surface area contributed by atoms with Gasteiger partial charge in [-0.1, -0.05) is 42.5 Å². The first-order valence-corrected chi connectivity index (χ1v) is 11.6. The number of benzene rings is 2. The summed E-state index contributed by atoms with van der Waals surface area (Å²) in [6.45, 7) is 6.20. The Kier molecular flexibility index (Phi) is 6.78. The highest BCUT2D eigenvalue weighted by atomic mass is 32.1. The van der Waals surface area contributed by atoms with E-state index in [1.54, 1.807) is 0 Å². The highest BCUT2D eigenvalue weighted by Gasteiger charge is 2.17. The summed E-state index contributed by atoms with van der Waals surface area (Å²) in [7, 11) is 0. The van der Waals surface area contributed by atoms with Crippen LogP contribution in [0.1, 0.15) is 33.3 Å². The van der Waals surface area contributed by atoms with Crippen LogP contribution in [0.15, 0.2) is 54.6 Å². The van der Waals surface area contributed by atoms with E-state index in [1.807, 2.05) is 19.1 Å². The molecule has 6 nitrogen and oxygen atoms in total. The summed E-state index contributed by atoms with van der Waals surface area (Å²) >= 11 is 1.34. The standard InChI is InChI=1S/C25H27N5OS/c1-3-28-23(31)21-14-20-22(29-25(26)30-24(20)32-21)19-13-18(10-9-16(19)2)15-27-12-11-17-7-5-4-6-8-17/h4-10,13-14,27H,3,11-12,15H2,1-2H3,(H,28,31)(H2,26,29,30). The molecule has 0 atom stereocenters. The molecule has 0 unspecified atom stereocenters. The lowest BCUT2D eigenvalue weighted by Gasteiger charge is -2.11. The van der Waals surface area contributed by atoms with Crippen LogP contribution in [-0.2, 0) is 13.0 Å². The fourth-order valence-electron chi connectivity index (χ4n) is 3.65. The van der Waals surface area contributed by atoms with Crippen LogP contribution in [0.3, 0.4) is 0 Å². The van der Waals surface area contributed by atoms with Crippen molar-refractivity contribution in [1.29, 1.82) is 0 Å². The van der Waals surface area contributed by atoms with E-state index in [1.165, 1.54) is 22.5 Å². The monoisotopic (exact) mass is 445 g/mol. The molecule has 2 heterocycles. The van der Waals surface area contributed by atoms with Gasteiger partial charge in [-0.05, 0) is 55.6 Å². The molecule has 0 radical (unpaired) electrons. The fraction of sp³-hybridized carbons (Fsp3) is 0.240. The summed E-state index contributed by atoms with van der Waals surface area (Å²) in [4.78, 5) is 22.6. The van der Waals surface area contributed by atoms with Crippen molar-refractivity contribution in [3.63, 3.8) is 0 Å². The number of fused-ring (bicyclic) bond motifs is 1. The molecule has 0 saturated heterocycles. The Balaban J connectivity index is 1.58. The molecule has 0 fully saturated rings. The van der Waals surface area contributed by atoms with E-state index in [0.29, 0.717) is 11.4 Å². The number of carbonyl (C=O) groups is 1. The number of carbonyl (C=O) groups excluding carboxylic acids is 1. The van der Waals surface area contributed by atoms with Crippen molar-refractivity contribution >= 4 is 33.4 Å². The maximum atomic E-state index is 12.3. The van der Waals surface area contributed by atoms with Gasteiger partial charge in [0.15, 0.2) is 0 Å². The number of nitrogens with two attached hydrogens (primary N) is 1. The minimum atomic E-state index is -0.104. The van der Waals surface area contributed by atoms with Crippen molar-refractivity contribution in [2.45, 2.75) is 26.8 Å². The predicted molar refractivity (Wildman–Crippen MR) is 132 cm³/mol. The van der Waals surface area contributed by atoms with Crippen LogP contribution >= 0.6 is 11.3 Å². The van der Waals surface area contributed by atoms with E-state index < -0.39 is 0 Å². The zero-order chi connectivity index (χ0) is 22.5. The average Bonchev–Trinajstić information content (AvgIpc) is 3.22. The predicted octanol–water partition coefficient (Wildman–Crippen LogP) is 4.33. The van der Waals surface area contributed by atoms with Gasteiger partial charge in [0.25, 0.3) is 5.91 Å². The number of nitrogens with zero attached hydrogens (tertiary/aromatic N) is 2. The molecule has 0 aliphatic rings. The third-order valence-corrected chi connectivity index (χ3v) is 6.32. The van der Waals surface area contributed by atoms with Crippen LogP contribution in [0, 0.1) is 6.92 Å². The number of amides is 1. The number of hydrogen-bond donors (Lipinski definition) is 3. The molecule has 1 amide bonds. The van der Waals surface area contributed by atoms with Crippen LogP contribution in [0.4, 0.5) is 5.95 Å². The second kappa shape index (κ2) is 9.89. The second-order valence-corrected chi connectivity index (χ2v) is 8.71. The van der Waals surface area contributed by atoms with Gasteiger partial charge >= 0.3 is 0 Å². The van der Waals surface area contributed by atoms with Gasteiger partial charge < -0.3 is 16.4 Å². The fourth-order valence-corrected chi connectivity index (χ4v) is 4.60. The van der Waals surface area contributed by atoms with E-state index >= 15 is 0 Å². The van der Waals surface area contributed by atoms with Crippen molar-refractivity contribution in [3.05, 3.63) is 76.2 Å². The number of hydrogen-bond acceptors (Lipinski definition) is 6. The second-order valence-electron chi connectivity index (χ2n) is 7.68. The van der Waals surface area contributed by atoms with E-state index in [0.717, 1.165) is 46.5 Å². The first-order chi connectivity index (χ1) is 15.5. The van der Waals surface area contributed by atoms with Crippen LogP contribution in [0.25, 0.3) is 21.5 Å².